The number of benzene rings is 1. The van der Waals surface area contributed by atoms with Gasteiger partial charge in [0.25, 0.3) is 5.91 Å². The van der Waals surface area contributed by atoms with Gasteiger partial charge in [-0.15, -0.1) is 0 Å². The summed E-state index contributed by atoms with van der Waals surface area (Å²) in [7, 11) is 1.57. The van der Waals surface area contributed by atoms with E-state index < -0.39 is 0 Å². The maximum atomic E-state index is 12.7. The van der Waals surface area contributed by atoms with Crippen LogP contribution in [-0.2, 0) is 4.79 Å². The minimum absolute atomic E-state index is 0.0860. The Hall–Kier alpha value is -3.09. The standard InChI is InChI=1S/C20H24N4O3/c1-14-4-5-18(27-3)17(12-14)22-20(26)16-6-7-21-19(13-16)24-10-8-23(9-11-24)15(2)25/h4-7,12-13H,8-11H2,1-3H3,(H,22,26). The quantitative estimate of drug-likeness (QED) is 0.896. The number of carbonyl (C=O) groups excluding carboxylic acids is 2. The summed E-state index contributed by atoms with van der Waals surface area (Å²) in [6.45, 7) is 6.26. The lowest BCUT2D eigenvalue weighted by Crippen LogP contribution is -2.48. The van der Waals surface area contributed by atoms with Crippen molar-refractivity contribution in [1.82, 2.24) is 9.88 Å². The van der Waals surface area contributed by atoms with Gasteiger partial charge in [0.15, 0.2) is 0 Å². The Morgan fingerprint density at radius 1 is 1.11 bits per heavy atom. The minimum atomic E-state index is -0.218. The van der Waals surface area contributed by atoms with Crippen LogP contribution in [0.2, 0.25) is 0 Å². The normalized spacial score (nSPS) is 14.0. The summed E-state index contributed by atoms with van der Waals surface area (Å²) in [5.74, 6) is 1.22. The number of rotatable bonds is 4. The van der Waals surface area contributed by atoms with Gasteiger partial charge in [-0.2, -0.15) is 0 Å². The van der Waals surface area contributed by atoms with E-state index in [1.165, 1.54) is 0 Å². The summed E-state index contributed by atoms with van der Waals surface area (Å²) in [5.41, 5.74) is 2.19. The number of nitrogens with zero attached hydrogens (tertiary/aromatic N) is 3. The lowest BCUT2D eigenvalue weighted by atomic mass is 10.2. The van der Waals surface area contributed by atoms with Crippen molar-refractivity contribution >= 4 is 23.3 Å². The van der Waals surface area contributed by atoms with Crippen LogP contribution in [0.15, 0.2) is 36.5 Å². The van der Waals surface area contributed by atoms with Crippen molar-refractivity contribution in [2.45, 2.75) is 13.8 Å². The van der Waals surface area contributed by atoms with Crippen molar-refractivity contribution in [3.8, 4) is 5.75 Å². The van der Waals surface area contributed by atoms with Crippen LogP contribution in [0.4, 0.5) is 11.5 Å². The second-order valence-electron chi connectivity index (χ2n) is 6.55. The molecule has 1 saturated heterocycles. The van der Waals surface area contributed by atoms with Crippen molar-refractivity contribution < 1.29 is 14.3 Å². The largest absolute Gasteiger partial charge is 0.495 e. The monoisotopic (exact) mass is 368 g/mol. The van der Waals surface area contributed by atoms with Gasteiger partial charge < -0.3 is 19.9 Å². The van der Waals surface area contributed by atoms with Crippen LogP contribution in [0.5, 0.6) is 5.75 Å². The van der Waals surface area contributed by atoms with Crippen molar-refractivity contribution in [2.24, 2.45) is 0 Å². The molecule has 1 aliphatic heterocycles. The molecule has 2 aromatic rings. The number of nitrogens with one attached hydrogen (secondary N) is 1. The van der Waals surface area contributed by atoms with E-state index in [0.717, 1.165) is 11.4 Å². The summed E-state index contributed by atoms with van der Waals surface area (Å²) >= 11 is 0. The highest BCUT2D eigenvalue weighted by atomic mass is 16.5. The third-order valence-electron chi connectivity index (χ3n) is 4.66. The van der Waals surface area contributed by atoms with Crippen LogP contribution in [-0.4, -0.2) is 55.0 Å². The molecule has 1 aromatic heterocycles. The first-order valence-corrected chi connectivity index (χ1v) is 8.90. The summed E-state index contributed by atoms with van der Waals surface area (Å²) in [6, 6.07) is 9.10. The number of ether oxygens (including phenoxy) is 1. The van der Waals surface area contributed by atoms with E-state index in [1.54, 1.807) is 32.4 Å². The molecule has 0 radical (unpaired) electrons. The zero-order valence-corrected chi connectivity index (χ0v) is 15.9. The molecule has 1 N–H and O–H groups in total. The molecule has 2 heterocycles. The van der Waals surface area contributed by atoms with Gasteiger partial charge >= 0.3 is 0 Å². The second-order valence-corrected chi connectivity index (χ2v) is 6.55. The van der Waals surface area contributed by atoms with Crippen molar-refractivity contribution in [2.75, 3.05) is 43.5 Å². The molecule has 1 aliphatic rings. The first kappa shape index (κ1) is 18.7. The lowest BCUT2D eigenvalue weighted by Gasteiger charge is -2.35. The highest BCUT2D eigenvalue weighted by Gasteiger charge is 2.20. The number of anilines is 2. The third kappa shape index (κ3) is 4.36. The molecule has 0 saturated carbocycles. The number of carbonyl (C=O) groups is 2. The van der Waals surface area contributed by atoms with Gasteiger partial charge in [-0.1, -0.05) is 6.07 Å². The van der Waals surface area contributed by atoms with E-state index in [9.17, 15) is 9.59 Å². The molecule has 0 bridgehead atoms. The average molecular weight is 368 g/mol. The molecule has 142 valence electrons. The van der Waals surface area contributed by atoms with Gasteiger partial charge in [0.05, 0.1) is 12.8 Å². The molecule has 0 spiro atoms. The van der Waals surface area contributed by atoms with Crippen molar-refractivity contribution in [3.63, 3.8) is 0 Å². The number of methoxy groups -OCH3 is 1. The Morgan fingerprint density at radius 2 is 1.85 bits per heavy atom. The minimum Gasteiger partial charge on any atom is -0.495 e. The van der Waals surface area contributed by atoms with E-state index in [-0.39, 0.29) is 11.8 Å². The summed E-state index contributed by atoms with van der Waals surface area (Å²) in [5, 5.41) is 2.91. The van der Waals surface area contributed by atoms with Gasteiger partial charge in [-0.25, -0.2) is 4.98 Å². The maximum absolute atomic E-state index is 12.7. The topological polar surface area (TPSA) is 74.8 Å². The number of piperazine rings is 1. The first-order valence-electron chi connectivity index (χ1n) is 8.90. The summed E-state index contributed by atoms with van der Waals surface area (Å²) < 4.78 is 5.32. The third-order valence-corrected chi connectivity index (χ3v) is 4.66. The zero-order valence-electron chi connectivity index (χ0n) is 15.9. The van der Waals surface area contributed by atoms with Crippen molar-refractivity contribution in [3.05, 3.63) is 47.7 Å². The highest BCUT2D eigenvalue weighted by Crippen LogP contribution is 2.26. The number of pyridine rings is 1. The lowest BCUT2D eigenvalue weighted by molar-refractivity contribution is -0.129. The Bertz CT molecular complexity index is 845. The Kier molecular flexibility index (Phi) is 5.59. The first-order chi connectivity index (χ1) is 13.0. The van der Waals surface area contributed by atoms with Crippen LogP contribution in [0, 0.1) is 6.92 Å². The van der Waals surface area contributed by atoms with Crippen LogP contribution >= 0.6 is 0 Å². The Morgan fingerprint density at radius 3 is 2.52 bits per heavy atom. The van der Waals surface area contributed by atoms with Crippen LogP contribution in [0.3, 0.4) is 0 Å². The molecular formula is C20H24N4O3. The van der Waals surface area contributed by atoms with Gasteiger partial charge in [0.2, 0.25) is 5.91 Å². The zero-order chi connectivity index (χ0) is 19.4. The smallest absolute Gasteiger partial charge is 0.255 e. The van der Waals surface area contributed by atoms with E-state index in [1.807, 2.05) is 30.0 Å². The van der Waals surface area contributed by atoms with Crippen LogP contribution in [0.25, 0.3) is 0 Å². The predicted molar refractivity (Wildman–Crippen MR) is 104 cm³/mol. The Labute approximate surface area is 158 Å². The van der Waals surface area contributed by atoms with E-state index in [0.29, 0.717) is 43.2 Å². The van der Waals surface area contributed by atoms with Crippen LogP contribution in [0.1, 0.15) is 22.8 Å². The number of aryl methyl sites for hydroxylation is 1. The van der Waals surface area contributed by atoms with E-state index in [2.05, 4.69) is 15.2 Å². The molecule has 7 heteroatoms. The average Bonchev–Trinajstić information content (AvgIpc) is 2.68. The second kappa shape index (κ2) is 8.07. The molecule has 3 rings (SSSR count). The molecule has 2 amide bonds. The van der Waals surface area contributed by atoms with Gasteiger partial charge in [-0.3, -0.25) is 9.59 Å². The van der Waals surface area contributed by atoms with Crippen molar-refractivity contribution in [1.29, 1.82) is 0 Å². The fourth-order valence-electron chi connectivity index (χ4n) is 3.10. The molecule has 7 nitrogen and oxygen atoms in total. The molecular weight excluding hydrogens is 344 g/mol. The molecule has 0 aliphatic carbocycles. The molecule has 27 heavy (non-hydrogen) atoms. The van der Waals surface area contributed by atoms with Gasteiger partial charge in [-0.05, 0) is 36.8 Å². The van der Waals surface area contributed by atoms with E-state index >= 15 is 0 Å². The highest BCUT2D eigenvalue weighted by molar-refractivity contribution is 6.05. The molecule has 1 aromatic carbocycles. The Balaban J connectivity index is 1.73. The fourth-order valence-corrected chi connectivity index (χ4v) is 3.10. The number of aromatic nitrogens is 1. The van der Waals surface area contributed by atoms with Crippen LogP contribution < -0.4 is 15.0 Å². The van der Waals surface area contributed by atoms with Gasteiger partial charge in [0, 0.05) is 44.9 Å². The molecule has 0 unspecified atom stereocenters. The SMILES string of the molecule is COc1ccc(C)cc1NC(=O)c1ccnc(N2CCN(C(C)=O)CC2)c1. The number of hydrogen-bond acceptors (Lipinski definition) is 5. The van der Waals surface area contributed by atoms with Gasteiger partial charge in [0.1, 0.15) is 11.6 Å². The maximum Gasteiger partial charge on any atom is 0.255 e. The molecule has 0 atom stereocenters. The summed E-state index contributed by atoms with van der Waals surface area (Å²) in [4.78, 5) is 32.5. The predicted octanol–water partition coefficient (Wildman–Crippen LogP) is 2.32. The molecule has 1 fully saturated rings. The number of amides is 2. The summed E-state index contributed by atoms with van der Waals surface area (Å²) in [6.07, 6.45) is 1.63. The van der Waals surface area contributed by atoms with E-state index in [4.69, 9.17) is 4.74 Å². The number of hydrogen-bond donors (Lipinski definition) is 1. The fraction of sp³-hybridized carbons (Fsp3) is 0.350.